The van der Waals surface area contributed by atoms with Crippen molar-refractivity contribution in [3.63, 3.8) is 0 Å². The minimum atomic E-state index is -0.432. The highest BCUT2D eigenvalue weighted by molar-refractivity contribution is 5.35. The third-order valence-electron chi connectivity index (χ3n) is 4.83. The molecule has 1 fully saturated rings. The second-order valence-corrected chi connectivity index (χ2v) is 6.09. The van der Waals surface area contributed by atoms with E-state index in [2.05, 4.69) is 13.0 Å². The lowest BCUT2D eigenvalue weighted by atomic mass is 9.85. The zero-order valence-corrected chi connectivity index (χ0v) is 11.7. The summed E-state index contributed by atoms with van der Waals surface area (Å²) in [6.07, 6.45) is 6.98. The van der Waals surface area contributed by atoms with Gasteiger partial charge in [0.1, 0.15) is 6.10 Å². The molecule has 1 aromatic carbocycles. The Morgan fingerprint density at radius 2 is 2.11 bits per heavy atom. The SMILES string of the molecule is CCC1CCCC(OC2Cc3ccccc3C2O)C1. The van der Waals surface area contributed by atoms with Crippen molar-refractivity contribution in [1.29, 1.82) is 0 Å². The van der Waals surface area contributed by atoms with Crippen LogP contribution in [0.3, 0.4) is 0 Å². The number of aliphatic hydroxyl groups excluding tert-OH is 1. The zero-order chi connectivity index (χ0) is 13.2. The van der Waals surface area contributed by atoms with Crippen LogP contribution in [0.1, 0.15) is 56.3 Å². The second kappa shape index (κ2) is 5.64. The van der Waals surface area contributed by atoms with Gasteiger partial charge in [0.05, 0.1) is 12.2 Å². The molecule has 0 radical (unpaired) electrons. The van der Waals surface area contributed by atoms with Gasteiger partial charge < -0.3 is 9.84 Å². The predicted octanol–water partition coefficient (Wildman–Crippen LogP) is 3.63. The molecule has 1 N–H and O–H groups in total. The fraction of sp³-hybridized carbons (Fsp3) is 0.647. The first kappa shape index (κ1) is 13.1. The topological polar surface area (TPSA) is 29.5 Å². The number of hydrogen-bond donors (Lipinski definition) is 1. The van der Waals surface area contributed by atoms with E-state index < -0.39 is 6.10 Å². The van der Waals surface area contributed by atoms with Crippen molar-refractivity contribution >= 4 is 0 Å². The number of benzene rings is 1. The summed E-state index contributed by atoms with van der Waals surface area (Å²) in [5.41, 5.74) is 2.32. The van der Waals surface area contributed by atoms with E-state index in [4.69, 9.17) is 4.74 Å². The van der Waals surface area contributed by atoms with Crippen LogP contribution in [0.25, 0.3) is 0 Å². The summed E-state index contributed by atoms with van der Waals surface area (Å²) in [5, 5.41) is 10.4. The molecule has 0 amide bonds. The fourth-order valence-electron chi connectivity index (χ4n) is 3.64. The first-order chi connectivity index (χ1) is 9.28. The smallest absolute Gasteiger partial charge is 0.106 e. The molecule has 0 aromatic heterocycles. The van der Waals surface area contributed by atoms with Crippen molar-refractivity contribution in [1.82, 2.24) is 0 Å². The molecule has 2 nitrogen and oxygen atoms in total. The Hall–Kier alpha value is -0.860. The first-order valence-corrected chi connectivity index (χ1v) is 7.69. The largest absolute Gasteiger partial charge is 0.386 e. The van der Waals surface area contributed by atoms with Crippen molar-refractivity contribution in [2.45, 2.75) is 63.8 Å². The summed E-state index contributed by atoms with van der Waals surface area (Å²) in [6.45, 7) is 2.27. The molecule has 4 atom stereocenters. The third kappa shape index (κ3) is 2.70. The third-order valence-corrected chi connectivity index (χ3v) is 4.83. The van der Waals surface area contributed by atoms with E-state index in [1.54, 1.807) is 0 Å². The Labute approximate surface area is 115 Å². The molecular formula is C17H24O2. The van der Waals surface area contributed by atoms with Gasteiger partial charge in [-0.15, -0.1) is 0 Å². The molecule has 0 saturated heterocycles. The Balaban J connectivity index is 1.63. The molecule has 0 bridgehead atoms. The quantitative estimate of drug-likeness (QED) is 0.899. The number of rotatable bonds is 3. The van der Waals surface area contributed by atoms with Crippen molar-refractivity contribution in [3.8, 4) is 0 Å². The van der Waals surface area contributed by atoms with E-state index in [-0.39, 0.29) is 6.10 Å². The zero-order valence-electron chi connectivity index (χ0n) is 11.7. The molecule has 2 aliphatic rings. The average molecular weight is 260 g/mol. The van der Waals surface area contributed by atoms with Gasteiger partial charge in [0.25, 0.3) is 0 Å². The normalized spacial score (nSPS) is 34.2. The van der Waals surface area contributed by atoms with Crippen molar-refractivity contribution in [2.24, 2.45) is 5.92 Å². The van der Waals surface area contributed by atoms with Crippen LogP contribution >= 0.6 is 0 Å². The summed E-state index contributed by atoms with van der Waals surface area (Å²) in [6, 6.07) is 8.18. The lowest BCUT2D eigenvalue weighted by molar-refractivity contribution is -0.0867. The minimum absolute atomic E-state index is 0.0296. The van der Waals surface area contributed by atoms with Gasteiger partial charge in [-0.3, -0.25) is 0 Å². The summed E-state index contributed by atoms with van der Waals surface area (Å²) in [7, 11) is 0. The predicted molar refractivity (Wildman–Crippen MR) is 76.0 cm³/mol. The van der Waals surface area contributed by atoms with Gasteiger partial charge in [0, 0.05) is 6.42 Å². The molecule has 19 heavy (non-hydrogen) atoms. The van der Waals surface area contributed by atoms with Crippen LogP contribution < -0.4 is 0 Å². The maximum atomic E-state index is 10.4. The van der Waals surface area contributed by atoms with Gasteiger partial charge in [-0.2, -0.15) is 0 Å². The van der Waals surface area contributed by atoms with Crippen molar-refractivity contribution in [2.75, 3.05) is 0 Å². The van der Waals surface area contributed by atoms with E-state index in [9.17, 15) is 5.11 Å². The highest BCUT2D eigenvalue weighted by atomic mass is 16.5. The number of ether oxygens (including phenoxy) is 1. The Morgan fingerprint density at radius 1 is 1.26 bits per heavy atom. The minimum Gasteiger partial charge on any atom is -0.386 e. The molecule has 0 aliphatic heterocycles. The Kier molecular flexibility index (Phi) is 3.90. The van der Waals surface area contributed by atoms with Gasteiger partial charge in [-0.25, -0.2) is 0 Å². The highest BCUT2D eigenvalue weighted by Gasteiger charge is 2.34. The summed E-state index contributed by atoms with van der Waals surface area (Å²) < 4.78 is 6.23. The molecule has 3 rings (SSSR count). The van der Waals surface area contributed by atoms with Gasteiger partial charge in [0.15, 0.2) is 0 Å². The molecule has 0 spiro atoms. The molecule has 0 heterocycles. The lowest BCUT2D eigenvalue weighted by Gasteiger charge is -2.31. The van der Waals surface area contributed by atoms with Crippen LogP contribution in [0.15, 0.2) is 24.3 Å². The number of hydrogen-bond acceptors (Lipinski definition) is 2. The molecule has 104 valence electrons. The molecule has 2 aliphatic carbocycles. The molecule has 2 heteroatoms. The van der Waals surface area contributed by atoms with Crippen LogP contribution in [0.4, 0.5) is 0 Å². The Bertz CT molecular complexity index is 429. The number of fused-ring (bicyclic) bond motifs is 1. The average Bonchev–Trinajstić information content (AvgIpc) is 2.76. The van der Waals surface area contributed by atoms with Crippen LogP contribution in [0, 0.1) is 5.92 Å². The molecule has 4 unspecified atom stereocenters. The highest BCUT2D eigenvalue weighted by Crippen LogP contribution is 2.36. The van der Waals surface area contributed by atoms with Crippen molar-refractivity contribution in [3.05, 3.63) is 35.4 Å². The second-order valence-electron chi connectivity index (χ2n) is 6.09. The molecular weight excluding hydrogens is 236 g/mol. The fourth-order valence-corrected chi connectivity index (χ4v) is 3.64. The Morgan fingerprint density at radius 3 is 2.89 bits per heavy atom. The van der Waals surface area contributed by atoms with Crippen molar-refractivity contribution < 1.29 is 9.84 Å². The van der Waals surface area contributed by atoms with Crippen LogP contribution in [0.5, 0.6) is 0 Å². The van der Waals surface area contributed by atoms with Crippen LogP contribution in [0.2, 0.25) is 0 Å². The van der Waals surface area contributed by atoms with E-state index >= 15 is 0 Å². The summed E-state index contributed by atoms with van der Waals surface area (Å²) in [4.78, 5) is 0. The maximum absolute atomic E-state index is 10.4. The van der Waals surface area contributed by atoms with E-state index in [0.717, 1.165) is 24.3 Å². The van der Waals surface area contributed by atoms with Gasteiger partial charge in [-0.1, -0.05) is 50.5 Å². The van der Waals surface area contributed by atoms with Gasteiger partial charge >= 0.3 is 0 Å². The van der Waals surface area contributed by atoms with Crippen LogP contribution in [-0.2, 0) is 11.2 Å². The first-order valence-electron chi connectivity index (χ1n) is 7.69. The molecule has 1 aromatic rings. The van der Waals surface area contributed by atoms with Gasteiger partial charge in [0.2, 0.25) is 0 Å². The monoisotopic (exact) mass is 260 g/mol. The number of aliphatic hydroxyl groups is 1. The standard InChI is InChI=1S/C17H24O2/c1-2-12-6-5-8-14(10-12)19-16-11-13-7-3-4-9-15(13)17(16)18/h3-4,7,9,12,14,16-18H,2,5-6,8,10-11H2,1H3. The van der Waals surface area contributed by atoms with E-state index in [0.29, 0.717) is 6.10 Å². The lowest BCUT2D eigenvalue weighted by Crippen LogP contribution is -2.29. The summed E-state index contributed by atoms with van der Waals surface area (Å²) in [5.74, 6) is 0.819. The van der Waals surface area contributed by atoms with Crippen LogP contribution in [-0.4, -0.2) is 17.3 Å². The maximum Gasteiger partial charge on any atom is 0.106 e. The molecule has 1 saturated carbocycles. The van der Waals surface area contributed by atoms with E-state index in [1.807, 2.05) is 18.2 Å². The summed E-state index contributed by atoms with van der Waals surface area (Å²) >= 11 is 0. The van der Waals surface area contributed by atoms with Gasteiger partial charge in [-0.05, 0) is 29.9 Å². The van der Waals surface area contributed by atoms with E-state index in [1.165, 1.54) is 31.2 Å².